The molecule has 1 aliphatic heterocycles. The number of nitrogens with one attached hydrogen (secondary N) is 1. The van der Waals surface area contributed by atoms with Crippen LogP contribution in [-0.4, -0.2) is 52.1 Å². The van der Waals surface area contributed by atoms with Crippen molar-refractivity contribution in [1.82, 2.24) is 10.2 Å². The van der Waals surface area contributed by atoms with Gasteiger partial charge in [0.2, 0.25) is 15.9 Å². The van der Waals surface area contributed by atoms with Crippen LogP contribution in [0.4, 0.5) is 0 Å². The number of primary sulfonamides is 1. The Morgan fingerprint density at radius 2 is 2.04 bits per heavy atom. The highest BCUT2D eigenvalue weighted by atomic mass is 35.5. The Bertz CT molecular complexity index is 660. The van der Waals surface area contributed by atoms with E-state index in [1.807, 2.05) is 6.92 Å². The number of rotatable bonds is 7. The number of halogens is 1. The number of nitrogens with zero attached hydrogens (tertiary/aromatic N) is 1. The first-order valence-electron chi connectivity index (χ1n) is 8.00. The summed E-state index contributed by atoms with van der Waals surface area (Å²) >= 11 is 0. The molecule has 1 saturated heterocycles. The molecule has 2 atom stereocenters. The van der Waals surface area contributed by atoms with E-state index in [2.05, 4.69) is 5.32 Å². The first kappa shape index (κ1) is 21.9. The number of likely N-dealkylation sites (N-methyl/N-ethyl adjacent to an activating group) is 1. The summed E-state index contributed by atoms with van der Waals surface area (Å²) in [5, 5.41) is 8.22. The van der Waals surface area contributed by atoms with Gasteiger partial charge in [0.1, 0.15) is 0 Å². The number of carbonyl (C=O) groups is 1. The minimum atomic E-state index is -3.70. The molecule has 0 radical (unpaired) electrons. The van der Waals surface area contributed by atoms with E-state index in [-0.39, 0.29) is 41.9 Å². The number of amides is 1. The van der Waals surface area contributed by atoms with Crippen LogP contribution in [0.2, 0.25) is 0 Å². The van der Waals surface area contributed by atoms with Crippen LogP contribution < -0.4 is 10.5 Å². The third-order valence-corrected chi connectivity index (χ3v) is 5.27. The lowest BCUT2D eigenvalue weighted by atomic mass is 10.1. The second kappa shape index (κ2) is 9.49. The lowest BCUT2D eigenvalue weighted by molar-refractivity contribution is -0.130. The molecule has 0 bridgehead atoms. The van der Waals surface area contributed by atoms with Crippen molar-refractivity contribution in [3.63, 3.8) is 0 Å². The molecule has 1 amide bonds. The van der Waals surface area contributed by atoms with Gasteiger partial charge in [0.05, 0.1) is 23.6 Å². The highest BCUT2D eigenvalue weighted by molar-refractivity contribution is 7.89. The number of benzene rings is 1. The molecule has 1 aliphatic rings. The van der Waals surface area contributed by atoms with Crippen molar-refractivity contribution < 1.29 is 17.9 Å². The topological polar surface area (TPSA) is 102 Å². The largest absolute Gasteiger partial charge is 0.377 e. The van der Waals surface area contributed by atoms with Crippen LogP contribution in [-0.2, 0) is 19.6 Å². The van der Waals surface area contributed by atoms with Crippen molar-refractivity contribution in [2.45, 2.75) is 36.8 Å². The minimum absolute atomic E-state index is 0. The second-order valence-corrected chi connectivity index (χ2v) is 7.62. The van der Waals surface area contributed by atoms with E-state index >= 15 is 0 Å². The van der Waals surface area contributed by atoms with Crippen LogP contribution in [0.5, 0.6) is 0 Å². The first-order valence-corrected chi connectivity index (χ1v) is 9.54. The maximum atomic E-state index is 12.3. The summed E-state index contributed by atoms with van der Waals surface area (Å²) in [5.74, 6) is -0.0315. The fourth-order valence-corrected chi connectivity index (χ4v) is 3.16. The molecule has 1 heterocycles. The molecule has 25 heavy (non-hydrogen) atoms. The quantitative estimate of drug-likeness (QED) is 0.723. The average molecular weight is 392 g/mol. The SMILES string of the molecule is CC(c1ccc(S(N)(=O)=O)cc1)N(C)C(=O)CNCC1CCCO1.Cl. The number of ether oxygens (including phenoxy) is 1. The molecule has 3 N–H and O–H groups in total. The zero-order chi connectivity index (χ0) is 17.7. The molecular formula is C16H26ClN3O4S. The maximum absolute atomic E-state index is 12.3. The van der Waals surface area contributed by atoms with Crippen molar-refractivity contribution in [2.24, 2.45) is 5.14 Å². The molecule has 0 aromatic heterocycles. The fraction of sp³-hybridized carbons (Fsp3) is 0.562. The van der Waals surface area contributed by atoms with Gasteiger partial charge < -0.3 is 15.0 Å². The molecule has 142 valence electrons. The van der Waals surface area contributed by atoms with Gasteiger partial charge in [-0.25, -0.2) is 13.6 Å². The molecule has 0 spiro atoms. The first-order chi connectivity index (χ1) is 11.3. The van der Waals surface area contributed by atoms with E-state index in [0.29, 0.717) is 6.54 Å². The smallest absolute Gasteiger partial charge is 0.238 e. The normalized spacial score (nSPS) is 18.4. The van der Waals surface area contributed by atoms with Gasteiger partial charge in [0.15, 0.2) is 0 Å². The highest BCUT2D eigenvalue weighted by Gasteiger charge is 2.19. The van der Waals surface area contributed by atoms with Crippen LogP contribution in [0.15, 0.2) is 29.2 Å². The van der Waals surface area contributed by atoms with Crippen LogP contribution >= 0.6 is 12.4 Å². The standard InChI is InChI=1S/C16H25N3O4S.ClH/c1-12(13-5-7-15(8-6-13)24(17,21)22)19(2)16(20)11-18-10-14-4-3-9-23-14;/h5-8,12,14,18H,3-4,9-11H2,1-2H3,(H2,17,21,22);1H. The van der Waals surface area contributed by atoms with Gasteiger partial charge in [-0.05, 0) is 37.5 Å². The molecule has 9 heteroatoms. The van der Waals surface area contributed by atoms with E-state index in [1.54, 1.807) is 24.1 Å². The summed E-state index contributed by atoms with van der Waals surface area (Å²) in [5.41, 5.74) is 0.845. The van der Waals surface area contributed by atoms with Crippen LogP contribution in [0.25, 0.3) is 0 Å². The lowest BCUT2D eigenvalue weighted by Crippen LogP contribution is -2.39. The van der Waals surface area contributed by atoms with Gasteiger partial charge >= 0.3 is 0 Å². The van der Waals surface area contributed by atoms with E-state index in [9.17, 15) is 13.2 Å². The Labute approximate surface area is 155 Å². The summed E-state index contributed by atoms with van der Waals surface area (Å²) < 4.78 is 28.1. The lowest BCUT2D eigenvalue weighted by Gasteiger charge is -2.26. The van der Waals surface area contributed by atoms with Gasteiger partial charge in [0, 0.05) is 20.2 Å². The van der Waals surface area contributed by atoms with Crippen LogP contribution in [0.3, 0.4) is 0 Å². The predicted octanol–water partition coefficient (Wildman–Crippen LogP) is 1.04. The molecule has 2 unspecified atom stereocenters. The molecule has 0 saturated carbocycles. The molecule has 1 fully saturated rings. The van der Waals surface area contributed by atoms with Crippen LogP contribution in [0, 0.1) is 0 Å². The number of sulfonamides is 1. The van der Waals surface area contributed by atoms with Crippen molar-refractivity contribution in [3.8, 4) is 0 Å². The molecular weight excluding hydrogens is 366 g/mol. The summed E-state index contributed by atoms with van der Waals surface area (Å²) in [6.45, 7) is 3.61. The summed E-state index contributed by atoms with van der Waals surface area (Å²) in [6.07, 6.45) is 2.31. The molecule has 0 aliphatic carbocycles. The van der Waals surface area contributed by atoms with Crippen molar-refractivity contribution in [1.29, 1.82) is 0 Å². The number of nitrogens with two attached hydrogens (primary N) is 1. The molecule has 7 nitrogen and oxygen atoms in total. The van der Waals surface area contributed by atoms with Crippen molar-refractivity contribution in [2.75, 3.05) is 26.7 Å². The van der Waals surface area contributed by atoms with Gasteiger partial charge in [0.25, 0.3) is 0 Å². The number of carbonyl (C=O) groups excluding carboxylic acids is 1. The Hall–Kier alpha value is -1.19. The van der Waals surface area contributed by atoms with E-state index in [1.165, 1.54) is 12.1 Å². The van der Waals surface area contributed by atoms with Gasteiger partial charge in [-0.1, -0.05) is 12.1 Å². The average Bonchev–Trinajstić information content (AvgIpc) is 3.06. The zero-order valence-corrected chi connectivity index (χ0v) is 16.1. The van der Waals surface area contributed by atoms with E-state index < -0.39 is 10.0 Å². The second-order valence-electron chi connectivity index (χ2n) is 6.06. The Morgan fingerprint density at radius 3 is 2.56 bits per heavy atom. The van der Waals surface area contributed by atoms with Crippen LogP contribution in [0.1, 0.15) is 31.4 Å². The Balaban J connectivity index is 0.00000312. The van der Waals surface area contributed by atoms with Crippen molar-refractivity contribution in [3.05, 3.63) is 29.8 Å². The third-order valence-electron chi connectivity index (χ3n) is 4.34. The number of hydrogen-bond donors (Lipinski definition) is 2. The van der Waals surface area contributed by atoms with Gasteiger partial charge in [-0.3, -0.25) is 4.79 Å². The maximum Gasteiger partial charge on any atom is 0.238 e. The highest BCUT2D eigenvalue weighted by Crippen LogP contribution is 2.20. The summed E-state index contributed by atoms with van der Waals surface area (Å²) in [6, 6.07) is 6.09. The zero-order valence-electron chi connectivity index (χ0n) is 14.5. The fourth-order valence-electron chi connectivity index (χ4n) is 2.65. The van der Waals surface area contributed by atoms with E-state index in [0.717, 1.165) is 25.0 Å². The summed E-state index contributed by atoms with van der Waals surface area (Å²) in [7, 11) is -1.97. The molecule has 1 aromatic carbocycles. The summed E-state index contributed by atoms with van der Waals surface area (Å²) in [4.78, 5) is 14.0. The monoisotopic (exact) mass is 391 g/mol. The Kier molecular flexibility index (Phi) is 8.30. The number of hydrogen-bond acceptors (Lipinski definition) is 5. The molecule has 1 aromatic rings. The Morgan fingerprint density at radius 1 is 1.40 bits per heavy atom. The van der Waals surface area contributed by atoms with Gasteiger partial charge in [-0.15, -0.1) is 12.4 Å². The molecule has 2 rings (SSSR count). The predicted molar refractivity (Wildman–Crippen MR) is 98.1 cm³/mol. The third kappa shape index (κ3) is 6.23. The van der Waals surface area contributed by atoms with E-state index in [4.69, 9.17) is 9.88 Å². The minimum Gasteiger partial charge on any atom is -0.377 e. The van der Waals surface area contributed by atoms with Crippen molar-refractivity contribution >= 4 is 28.3 Å². The van der Waals surface area contributed by atoms with Gasteiger partial charge in [-0.2, -0.15) is 0 Å².